The Hall–Kier alpha value is -4.86. The number of carbonyl (C=O) groups is 1. The Bertz CT molecular complexity index is 2150. The Morgan fingerprint density at radius 1 is 1.13 bits per heavy atom. The van der Waals surface area contributed by atoms with Gasteiger partial charge in [-0.2, -0.15) is 9.97 Å². The topological polar surface area (TPSA) is 104 Å². The normalized spacial score (nSPS) is 24.5. The molecule has 4 aromatic rings. The van der Waals surface area contributed by atoms with Gasteiger partial charge in [-0.05, 0) is 64.3 Å². The number of terminal acetylenes is 1. The Balaban J connectivity index is 1.22. The average molecular weight is 709 g/mol. The standard InChI is InChI=1S/C40H42F2N6O4/c1-6-28-31(41)13-10-24-8-7-9-29(32(24)28)34-33(42)35-30(17-43-34)36(46-19-25-11-12-26(20-46)48(25)38(50)52-39(3,4)5)45-37(44-35)51-22-40-15-14-27(21-49)47(40)18-23(2)16-40/h1,7-10,13,17,25-27,49H,2,11-12,14-16,18-22H2,3-5H3/t25?,26?,27-,40-/m0/s1. The lowest BCUT2D eigenvalue weighted by molar-refractivity contribution is 0.0122. The number of piperazine rings is 1. The molecule has 2 aromatic heterocycles. The van der Waals surface area contributed by atoms with Gasteiger partial charge in [-0.25, -0.2) is 13.6 Å². The van der Waals surface area contributed by atoms with Crippen molar-refractivity contribution in [3.63, 3.8) is 0 Å². The van der Waals surface area contributed by atoms with Crippen LogP contribution in [0.25, 0.3) is 32.9 Å². The highest BCUT2D eigenvalue weighted by Crippen LogP contribution is 2.45. The lowest BCUT2D eigenvalue weighted by Crippen LogP contribution is -2.57. The Morgan fingerprint density at radius 2 is 1.90 bits per heavy atom. The number of rotatable bonds is 6. The molecule has 4 aliphatic heterocycles. The largest absolute Gasteiger partial charge is 0.461 e. The number of amides is 1. The summed E-state index contributed by atoms with van der Waals surface area (Å²) in [5, 5.41) is 11.5. The summed E-state index contributed by atoms with van der Waals surface area (Å²) in [6.45, 7) is 11.6. The Morgan fingerprint density at radius 3 is 2.62 bits per heavy atom. The van der Waals surface area contributed by atoms with Crippen molar-refractivity contribution in [1.29, 1.82) is 0 Å². The van der Waals surface area contributed by atoms with Crippen LogP contribution in [0.4, 0.5) is 19.4 Å². The zero-order chi connectivity index (χ0) is 36.5. The summed E-state index contributed by atoms with van der Waals surface area (Å²) in [6.07, 6.45) is 10.9. The molecule has 6 heterocycles. The first-order chi connectivity index (χ1) is 24.9. The van der Waals surface area contributed by atoms with Gasteiger partial charge in [-0.15, -0.1) is 6.42 Å². The summed E-state index contributed by atoms with van der Waals surface area (Å²) in [6, 6.07) is 7.89. The number of aliphatic hydroxyl groups is 1. The van der Waals surface area contributed by atoms with Crippen LogP contribution in [0.15, 0.2) is 48.7 Å². The fraction of sp³-hybridized carbons (Fsp3) is 0.450. The van der Waals surface area contributed by atoms with E-state index in [1.165, 1.54) is 6.07 Å². The molecule has 0 saturated carbocycles. The molecule has 270 valence electrons. The Labute approximate surface area is 301 Å². The van der Waals surface area contributed by atoms with E-state index in [4.69, 9.17) is 20.9 Å². The van der Waals surface area contributed by atoms with Gasteiger partial charge in [0.2, 0.25) is 0 Å². The number of hydrogen-bond acceptors (Lipinski definition) is 9. The van der Waals surface area contributed by atoms with Gasteiger partial charge in [-0.3, -0.25) is 14.8 Å². The number of benzene rings is 2. The molecule has 2 aromatic carbocycles. The molecular formula is C40H42F2N6O4. The second-order valence-corrected chi connectivity index (χ2v) is 15.6. The highest BCUT2D eigenvalue weighted by Gasteiger charge is 2.51. The minimum atomic E-state index is -0.712. The molecule has 8 rings (SSSR count). The molecule has 0 spiro atoms. The predicted molar refractivity (Wildman–Crippen MR) is 194 cm³/mol. The van der Waals surface area contributed by atoms with Crippen LogP contribution in [0.1, 0.15) is 58.4 Å². The van der Waals surface area contributed by atoms with Crippen LogP contribution in [0.3, 0.4) is 0 Å². The molecule has 2 unspecified atom stereocenters. The van der Waals surface area contributed by atoms with Crippen molar-refractivity contribution < 1.29 is 28.2 Å². The summed E-state index contributed by atoms with van der Waals surface area (Å²) in [4.78, 5) is 33.6. The zero-order valence-corrected chi connectivity index (χ0v) is 29.7. The minimum absolute atomic E-state index is 0.00688. The summed E-state index contributed by atoms with van der Waals surface area (Å²) < 4.78 is 44.2. The third-order valence-corrected chi connectivity index (χ3v) is 11.1. The van der Waals surface area contributed by atoms with Crippen molar-refractivity contribution >= 4 is 33.6 Å². The lowest BCUT2D eigenvalue weighted by Gasteiger charge is -2.42. The summed E-state index contributed by atoms with van der Waals surface area (Å²) >= 11 is 0. The number of hydrogen-bond donors (Lipinski definition) is 1. The monoisotopic (exact) mass is 708 g/mol. The minimum Gasteiger partial charge on any atom is -0.461 e. The van der Waals surface area contributed by atoms with Crippen molar-refractivity contribution in [1.82, 2.24) is 24.8 Å². The molecule has 1 amide bonds. The van der Waals surface area contributed by atoms with Gasteiger partial charge >= 0.3 is 12.1 Å². The molecule has 0 radical (unpaired) electrons. The average Bonchev–Trinajstić information content (AvgIpc) is 3.71. The summed E-state index contributed by atoms with van der Waals surface area (Å²) in [7, 11) is 0. The first-order valence-electron chi connectivity index (χ1n) is 17.9. The molecule has 4 saturated heterocycles. The van der Waals surface area contributed by atoms with Crippen LogP contribution >= 0.6 is 0 Å². The van der Waals surface area contributed by atoms with Crippen molar-refractivity contribution in [2.24, 2.45) is 0 Å². The highest BCUT2D eigenvalue weighted by molar-refractivity contribution is 6.02. The summed E-state index contributed by atoms with van der Waals surface area (Å²) in [5.74, 6) is 1.60. The molecular weight excluding hydrogens is 666 g/mol. The second-order valence-electron chi connectivity index (χ2n) is 15.6. The van der Waals surface area contributed by atoms with Gasteiger partial charge in [0.1, 0.15) is 35.1 Å². The fourth-order valence-electron chi connectivity index (χ4n) is 8.86. The van der Waals surface area contributed by atoms with E-state index in [0.717, 1.165) is 37.7 Å². The molecule has 52 heavy (non-hydrogen) atoms. The number of halogens is 2. The third-order valence-electron chi connectivity index (χ3n) is 11.1. The number of nitrogens with zero attached hydrogens (tertiary/aromatic N) is 6. The van der Waals surface area contributed by atoms with Crippen LogP contribution in [0.5, 0.6) is 6.01 Å². The van der Waals surface area contributed by atoms with Gasteiger partial charge < -0.3 is 19.5 Å². The first kappa shape index (κ1) is 34.2. The van der Waals surface area contributed by atoms with Gasteiger partial charge in [0.25, 0.3) is 0 Å². The predicted octanol–water partition coefficient (Wildman–Crippen LogP) is 6.23. The highest BCUT2D eigenvalue weighted by atomic mass is 19.1. The van der Waals surface area contributed by atoms with Crippen molar-refractivity contribution in [3.05, 3.63) is 65.9 Å². The maximum atomic E-state index is 17.1. The molecule has 1 N–H and O–H groups in total. The molecule has 4 aliphatic rings. The smallest absolute Gasteiger partial charge is 0.410 e. The van der Waals surface area contributed by atoms with Crippen LogP contribution in [-0.4, -0.2) is 98.1 Å². The molecule has 0 aliphatic carbocycles. The lowest BCUT2D eigenvalue weighted by atomic mass is 9.94. The zero-order valence-electron chi connectivity index (χ0n) is 29.7. The number of fused-ring (bicyclic) bond motifs is 5. The van der Waals surface area contributed by atoms with E-state index in [0.29, 0.717) is 47.2 Å². The van der Waals surface area contributed by atoms with E-state index in [1.807, 2.05) is 25.7 Å². The van der Waals surface area contributed by atoms with Crippen molar-refractivity contribution in [2.45, 2.75) is 82.1 Å². The van der Waals surface area contributed by atoms with E-state index >= 15 is 4.39 Å². The molecule has 2 bridgehead atoms. The second kappa shape index (κ2) is 12.7. The van der Waals surface area contributed by atoms with Gasteiger partial charge in [0, 0.05) is 42.8 Å². The number of aromatic nitrogens is 3. The maximum absolute atomic E-state index is 17.1. The van der Waals surface area contributed by atoms with E-state index in [1.54, 1.807) is 30.5 Å². The molecule has 12 heteroatoms. The molecule has 4 fully saturated rings. The van der Waals surface area contributed by atoms with Gasteiger partial charge in [-0.1, -0.05) is 42.3 Å². The third kappa shape index (κ3) is 5.71. The summed E-state index contributed by atoms with van der Waals surface area (Å²) in [5.41, 5.74) is 0.423. The number of anilines is 1. The van der Waals surface area contributed by atoms with Crippen molar-refractivity contribution in [3.8, 4) is 29.6 Å². The number of carbonyl (C=O) groups excluding carboxylic acids is 1. The Kier molecular flexibility index (Phi) is 8.34. The first-order valence-corrected chi connectivity index (χ1v) is 17.9. The van der Waals surface area contributed by atoms with Crippen LogP contribution in [0.2, 0.25) is 0 Å². The van der Waals surface area contributed by atoms with Gasteiger partial charge in [0.15, 0.2) is 5.82 Å². The molecule has 10 nitrogen and oxygen atoms in total. The fourth-order valence-corrected chi connectivity index (χ4v) is 8.86. The van der Waals surface area contributed by atoms with Crippen molar-refractivity contribution in [2.75, 3.05) is 37.7 Å². The van der Waals surface area contributed by atoms with Gasteiger partial charge in [0.05, 0.1) is 35.2 Å². The maximum Gasteiger partial charge on any atom is 0.410 e. The van der Waals surface area contributed by atoms with E-state index in [9.17, 15) is 14.3 Å². The van der Waals surface area contributed by atoms with E-state index in [-0.39, 0.29) is 65.8 Å². The number of aliphatic hydroxyl groups excluding tert-OH is 1. The number of ether oxygens (including phenoxy) is 2. The van der Waals surface area contributed by atoms with Crippen LogP contribution in [0, 0.1) is 24.0 Å². The van der Waals surface area contributed by atoms with E-state index in [2.05, 4.69) is 32.3 Å². The quantitative estimate of drug-likeness (QED) is 0.185. The number of pyridine rings is 1. The van der Waals surface area contributed by atoms with Crippen LogP contribution < -0.4 is 9.64 Å². The SMILES string of the molecule is C#Cc1c(F)ccc2cccc(-c3ncc4c(N5CC6CCC(C5)N6C(=O)OC(C)(C)C)nc(OC[C@@]56CC[C@@H](CO)N5CC(=C)C6)nc4c3F)c12. The van der Waals surface area contributed by atoms with Crippen LogP contribution in [-0.2, 0) is 4.74 Å². The van der Waals surface area contributed by atoms with E-state index < -0.39 is 17.2 Å². The molecule has 4 atom stereocenters.